The van der Waals surface area contributed by atoms with Crippen molar-refractivity contribution in [2.75, 3.05) is 26.3 Å². The normalized spacial score (nSPS) is 26.8. The van der Waals surface area contributed by atoms with Gasteiger partial charge in [-0.05, 0) is 45.1 Å². The lowest BCUT2D eigenvalue weighted by molar-refractivity contribution is 0.0778. The van der Waals surface area contributed by atoms with E-state index in [2.05, 4.69) is 19.8 Å². The molecule has 1 N–H and O–H groups in total. The molecule has 0 aromatic carbocycles. The summed E-state index contributed by atoms with van der Waals surface area (Å²) in [4.78, 5) is 6.76. The molecule has 0 amide bonds. The van der Waals surface area contributed by atoms with Crippen LogP contribution in [0, 0.1) is 0 Å². The molecule has 1 unspecified atom stereocenters. The summed E-state index contributed by atoms with van der Waals surface area (Å²) in [6, 6.07) is -0.0128. The van der Waals surface area contributed by atoms with Crippen molar-refractivity contribution in [3.8, 4) is 0 Å². The zero-order valence-electron chi connectivity index (χ0n) is 14.4. The SMILES string of the molecule is O=S(=O)(NC1CCCN(Cc2noc(C3CCOCC3)n2)C1)C1CC1. The Bertz CT molecular complexity index is 682. The minimum absolute atomic E-state index is 0.0128. The van der Waals surface area contributed by atoms with Crippen LogP contribution in [-0.2, 0) is 21.3 Å². The van der Waals surface area contributed by atoms with Crippen LogP contribution in [0.2, 0.25) is 0 Å². The van der Waals surface area contributed by atoms with Crippen molar-refractivity contribution in [1.29, 1.82) is 0 Å². The molecule has 3 heterocycles. The number of piperidine rings is 1. The molecule has 0 radical (unpaired) electrons. The monoisotopic (exact) mass is 370 g/mol. The van der Waals surface area contributed by atoms with Gasteiger partial charge in [-0.3, -0.25) is 4.90 Å². The van der Waals surface area contributed by atoms with Crippen molar-refractivity contribution < 1.29 is 17.7 Å². The first-order valence-electron chi connectivity index (χ1n) is 9.24. The van der Waals surface area contributed by atoms with Gasteiger partial charge < -0.3 is 9.26 Å². The van der Waals surface area contributed by atoms with Crippen LogP contribution >= 0.6 is 0 Å². The fourth-order valence-electron chi connectivity index (χ4n) is 3.64. The first kappa shape index (κ1) is 17.4. The molecule has 8 nitrogen and oxygen atoms in total. The maximum absolute atomic E-state index is 12.1. The summed E-state index contributed by atoms with van der Waals surface area (Å²) in [5, 5.41) is 3.95. The molecule has 1 atom stereocenters. The van der Waals surface area contributed by atoms with Crippen LogP contribution in [0.5, 0.6) is 0 Å². The van der Waals surface area contributed by atoms with E-state index >= 15 is 0 Å². The highest BCUT2D eigenvalue weighted by Crippen LogP contribution is 2.28. The van der Waals surface area contributed by atoms with Crippen LogP contribution < -0.4 is 4.72 Å². The topological polar surface area (TPSA) is 97.6 Å². The van der Waals surface area contributed by atoms with Crippen molar-refractivity contribution >= 4 is 10.0 Å². The van der Waals surface area contributed by atoms with Gasteiger partial charge in [-0.15, -0.1) is 0 Å². The molecule has 2 saturated heterocycles. The molecular formula is C16H26N4O4S. The number of likely N-dealkylation sites (tertiary alicyclic amines) is 1. The number of nitrogens with one attached hydrogen (secondary N) is 1. The fraction of sp³-hybridized carbons (Fsp3) is 0.875. The maximum Gasteiger partial charge on any atom is 0.229 e. The Morgan fingerprint density at radius 2 is 1.96 bits per heavy atom. The molecule has 3 aliphatic rings. The average molecular weight is 370 g/mol. The lowest BCUT2D eigenvalue weighted by Gasteiger charge is -2.32. The largest absolute Gasteiger partial charge is 0.381 e. The number of aromatic nitrogens is 2. The summed E-state index contributed by atoms with van der Waals surface area (Å²) < 4.78 is 37.9. The van der Waals surface area contributed by atoms with Crippen LogP contribution in [0.4, 0.5) is 0 Å². The maximum atomic E-state index is 12.1. The second kappa shape index (κ2) is 7.30. The first-order chi connectivity index (χ1) is 12.1. The Kier molecular flexibility index (Phi) is 5.08. The Morgan fingerprint density at radius 3 is 2.72 bits per heavy atom. The van der Waals surface area contributed by atoms with E-state index in [0.29, 0.717) is 30.7 Å². The van der Waals surface area contributed by atoms with Crippen molar-refractivity contribution in [2.24, 2.45) is 0 Å². The molecule has 3 fully saturated rings. The van der Waals surface area contributed by atoms with Crippen LogP contribution in [0.3, 0.4) is 0 Å². The van der Waals surface area contributed by atoms with E-state index in [-0.39, 0.29) is 11.3 Å². The second-order valence-electron chi connectivity index (χ2n) is 7.37. The number of hydrogen-bond acceptors (Lipinski definition) is 7. The van der Waals surface area contributed by atoms with Gasteiger partial charge in [0.1, 0.15) is 0 Å². The highest BCUT2D eigenvalue weighted by molar-refractivity contribution is 7.90. The summed E-state index contributed by atoms with van der Waals surface area (Å²) >= 11 is 0. The second-order valence-corrected chi connectivity index (χ2v) is 9.36. The van der Waals surface area contributed by atoms with E-state index in [1.165, 1.54) is 0 Å². The van der Waals surface area contributed by atoms with Crippen LogP contribution in [0.1, 0.15) is 56.2 Å². The van der Waals surface area contributed by atoms with E-state index < -0.39 is 10.0 Å². The van der Waals surface area contributed by atoms with Gasteiger partial charge in [0.15, 0.2) is 5.82 Å². The molecule has 1 aliphatic carbocycles. The van der Waals surface area contributed by atoms with Crippen molar-refractivity contribution in [2.45, 2.75) is 62.3 Å². The van der Waals surface area contributed by atoms with E-state index in [4.69, 9.17) is 9.26 Å². The van der Waals surface area contributed by atoms with Crippen molar-refractivity contribution in [3.63, 3.8) is 0 Å². The summed E-state index contributed by atoms with van der Waals surface area (Å²) in [6.07, 6.45) is 5.31. The molecule has 1 aromatic heterocycles. The van der Waals surface area contributed by atoms with Gasteiger partial charge in [0.2, 0.25) is 15.9 Å². The van der Waals surface area contributed by atoms with Gasteiger partial charge in [0.25, 0.3) is 0 Å². The molecule has 2 aliphatic heterocycles. The zero-order valence-corrected chi connectivity index (χ0v) is 15.2. The number of hydrogen-bond donors (Lipinski definition) is 1. The molecule has 1 aromatic rings. The van der Waals surface area contributed by atoms with Gasteiger partial charge >= 0.3 is 0 Å². The molecule has 1 saturated carbocycles. The number of nitrogens with zero attached hydrogens (tertiary/aromatic N) is 3. The van der Waals surface area contributed by atoms with E-state index in [9.17, 15) is 8.42 Å². The zero-order chi connectivity index (χ0) is 17.3. The third-order valence-electron chi connectivity index (χ3n) is 5.22. The third-order valence-corrected chi connectivity index (χ3v) is 7.23. The predicted molar refractivity (Wildman–Crippen MR) is 90.5 cm³/mol. The molecule has 25 heavy (non-hydrogen) atoms. The van der Waals surface area contributed by atoms with Gasteiger partial charge in [-0.1, -0.05) is 5.16 Å². The first-order valence-corrected chi connectivity index (χ1v) is 10.8. The summed E-state index contributed by atoms with van der Waals surface area (Å²) in [6.45, 7) is 3.74. The van der Waals surface area contributed by atoms with E-state index in [1.807, 2.05) is 0 Å². The Balaban J connectivity index is 1.32. The summed E-state index contributed by atoms with van der Waals surface area (Å²) in [5.74, 6) is 1.70. The smallest absolute Gasteiger partial charge is 0.229 e. The van der Waals surface area contributed by atoms with Crippen molar-refractivity contribution in [3.05, 3.63) is 11.7 Å². The molecule has 9 heteroatoms. The lowest BCUT2D eigenvalue weighted by atomic mass is 10.0. The van der Waals surface area contributed by atoms with E-state index in [1.54, 1.807) is 0 Å². The minimum Gasteiger partial charge on any atom is -0.381 e. The lowest BCUT2D eigenvalue weighted by Crippen LogP contribution is -2.48. The fourth-order valence-corrected chi connectivity index (χ4v) is 5.25. The summed E-state index contributed by atoms with van der Waals surface area (Å²) in [5.41, 5.74) is 0. The Hall–Kier alpha value is -1.03. The Labute approximate surface area is 148 Å². The highest BCUT2D eigenvalue weighted by atomic mass is 32.2. The molecule has 0 spiro atoms. The van der Waals surface area contributed by atoms with Crippen LogP contribution in [0.15, 0.2) is 4.52 Å². The Morgan fingerprint density at radius 1 is 1.16 bits per heavy atom. The number of ether oxygens (including phenoxy) is 1. The molecule has 4 rings (SSSR count). The van der Waals surface area contributed by atoms with Gasteiger partial charge in [0.05, 0.1) is 11.8 Å². The van der Waals surface area contributed by atoms with Gasteiger partial charge in [-0.25, -0.2) is 13.1 Å². The number of sulfonamides is 1. The van der Waals surface area contributed by atoms with Gasteiger partial charge in [0, 0.05) is 31.7 Å². The minimum atomic E-state index is -3.13. The molecule has 140 valence electrons. The van der Waals surface area contributed by atoms with Crippen LogP contribution in [0.25, 0.3) is 0 Å². The predicted octanol–water partition coefficient (Wildman–Crippen LogP) is 1.01. The van der Waals surface area contributed by atoms with E-state index in [0.717, 1.165) is 58.3 Å². The average Bonchev–Trinajstić information content (AvgIpc) is 3.37. The van der Waals surface area contributed by atoms with Crippen molar-refractivity contribution in [1.82, 2.24) is 19.8 Å². The third kappa shape index (κ3) is 4.39. The van der Waals surface area contributed by atoms with Gasteiger partial charge in [-0.2, -0.15) is 4.98 Å². The van der Waals surface area contributed by atoms with Crippen LogP contribution in [-0.4, -0.2) is 61.1 Å². The quantitative estimate of drug-likeness (QED) is 0.798. The molecular weight excluding hydrogens is 344 g/mol. The number of rotatable bonds is 6. The standard InChI is InChI=1S/C16H26N4O4S/c21-25(22,14-3-4-14)19-13-2-1-7-20(10-13)11-15-17-16(24-18-15)12-5-8-23-9-6-12/h12-14,19H,1-11H2. The molecule has 0 bridgehead atoms. The summed E-state index contributed by atoms with van der Waals surface area (Å²) in [7, 11) is -3.13. The highest BCUT2D eigenvalue weighted by Gasteiger charge is 2.37.